The van der Waals surface area contributed by atoms with Gasteiger partial charge in [-0.1, -0.05) is 0 Å². The standard InChI is InChI=1S/C16H23N3O3S/c1-10-11(2)23-16-14(10)15(21)17-13(18-16)9-19(5-6-20)12-3-7-22-8-4-12/h12,20H,3-9H2,1-2H3,(H,17,18,21). The van der Waals surface area contributed by atoms with Crippen molar-refractivity contribution < 1.29 is 9.84 Å². The molecule has 1 fully saturated rings. The Balaban J connectivity index is 1.87. The number of aromatic nitrogens is 2. The Morgan fingerprint density at radius 1 is 1.39 bits per heavy atom. The van der Waals surface area contributed by atoms with Crippen molar-refractivity contribution in [3.63, 3.8) is 0 Å². The lowest BCUT2D eigenvalue weighted by atomic mass is 10.1. The second kappa shape index (κ2) is 7.09. The lowest BCUT2D eigenvalue weighted by molar-refractivity contribution is 0.0239. The molecule has 0 saturated carbocycles. The van der Waals surface area contributed by atoms with E-state index in [2.05, 4.69) is 14.9 Å². The van der Waals surface area contributed by atoms with Gasteiger partial charge in [0.2, 0.25) is 0 Å². The Hall–Kier alpha value is -1.28. The first-order chi connectivity index (χ1) is 11.1. The van der Waals surface area contributed by atoms with Crippen LogP contribution in [0.3, 0.4) is 0 Å². The van der Waals surface area contributed by atoms with Crippen LogP contribution in [0.2, 0.25) is 0 Å². The van der Waals surface area contributed by atoms with Gasteiger partial charge in [-0.05, 0) is 32.3 Å². The normalized spacial score (nSPS) is 16.5. The van der Waals surface area contributed by atoms with E-state index in [4.69, 9.17) is 4.74 Å². The highest BCUT2D eigenvalue weighted by molar-refractivity contribution is 7.18. The molecule has 0 atom stereocenters. The molecule has 0 amide bonds. The molecule has 0 radical (unpaired) electrons. The van der Waals surface area contributed by atoms with Crippen molar-refractivity contribution in [3.8, 4) is 0 Å². The number of rotatable bonds is 5. The zero-order valence-corrected chi connectivity index (χ0v) is 14.4. The van der Waals surface area contributed by atoms with Crippen LogP contribution < -0.4 is 5.56 Å². The molecule has 0 spiro atoms. The van der Waals surface area contributed by atoms with Crippen molar-refractivity contribution in [1.29, 1.82) is 0 Å². The van der Waals surface area contributed by atoms with Gasteiger partial charge in [0.1, 0.15) is 10.7 Å². The Morgan fingerprint density at radius 3 is 2.83 bits per heavy atom. The molecule has 2 N–H and O–H groups in total. The van der Waals surface area contributed by atoms with E-state index in [1.807, 2.05) is 13.8 Å². The molecule has 2 aromatic rings. The molecule has 7 heteroatoms. The summed E-state index contributed by atoms with van der Waals surface area (Å²) in [5, 5.41) is 10.1. The number of ether oxygens (including phenoxy) is 1. The predicted octanol–water partition coefficient (Wildman–Crippen LogP) is 1.57. The largest absolute Gasteiger partial charge is 0.395 e. The summed E-state index contributed by atoms with van der Waals surface area (Å²) in [4.78, 5) is 24.1. The molecular formula is C16H23N3O3S. The highest BCUT2D eigenvalue weighted by atomic mass is 32.1. The molecule has 0 bridgehead atoms. The minimum absolute atomic E-state index is 0.0669. The van der Waals surface area contributed by atoms with Gasteiger partial charge in [-0.2, -0.15) is 0 Å². The number of hydrogen-bond donors (Lipinski definition) is 2. The summed E-state index contributed by atoms with van der Waals surface area (Å²) >= 11 is 1.56. The van der Waals surface area contributed by atoms with Gasteiger partial charge in [-0.15, -0.1) is 11.3 Å². The molecule has 0 aromatic carbocycles. The average molecular weight is 337 g/mol. The first-order valence-electron chi connectivity index (χ1n) is 8.01. The number of nitrogens with one attached hydrogen (secondary N) is 1. The zero-order chi connectivity index (χ0) is 16.4. The number of fused-ring (bicyclic) bond motifs is 1. The zero-order valence-electron chi connectivity index (χ0n) is 13.6. The van der Waals surface area contributed by atoms with Crippen LogP contribution in [0.4, 0.5) is 0 Å². The predicted molar refractivity (Wildman–Crippen MR) is 91.1 cm³/mol. The van der Waals surface area contributed by atoms with Crippen molar-refractivity contribution in [2.75, 3.05) is 26.4 Å². The fraction of sp³-hybridized carbons (Fsp3) is 0.625. The molecule has 6 nitrogen and oxygen atoms in total. The Kier molecular flexibility index (Phi) is 5.11. The third kappa shape index (κ3) is 3.47. The summed E-state index contributed by atoms with van der Waals surface area (Å²) in [6.07, 6.45) is 1.90. The summed E-state index contributed by atoms with van der Waals surface area (Å²) in [6.45, 7) is 6.70. The maximum atomic E-state index is 12.4. The summed E-state index contributed by atoms with van der Waals surface area (Å²) in [5.41, 5.74) is 0.949. The van der Waals surface area contributed by atoms with Crippen LogP contribution in [0.5, 0.6) is 0 Å². The van der Waals surface area contributed by atoms with E-state index in [1.54, 1.807) is 11.3 Å². The van der Waals surface area contributed by atoms with Crippen LogP contribution in [-0.4, -0.2) is 52.4 Å². The van der Waals surface area contributed by atoms with Gasteiger partial charge in [-0.25, -0.2) is 4.98 Å². The summed E-state index contributed by atoms with van der Waals surface area (Å²) < 4.78 is 5.41. The summed E-state index contributed by atoms with van der Waals surface area (Å²) in [6, 6.07) is 0.365. The van der Waals surface area contributed by atoms with Gasteiger partial charge in [0.05, 0.1) is 18.5 Å². The Labute approximate surface area is 139 Å². The van der Waals surface area contributed by atoms with E-state index < -0.39 is 0 Å². The number of nitrogens with zero attached hydrogens (tertiary/aromatic N) is 2. The second-order valence-electron chi connectivity index (χ2n) is 6.01. The van der Waals surface area contributed by atoms with E-state index in [0.717, 1.165) is 41.3 Å². The molecule has 23 heavy (non-hydrogen) atoms. The van der Waals surface area contributed by atoms with Gasteiger partial charge in [-0.3, -0.25) is 9.69 Å². The van der Waals surface area contributed by atoms with Gasteiger partial charge < -0.3 is 14.8 Å². The number of H-pyrrole nitrogens is 1. The number of aryl methyl sites for hydroxylation is 2. The molecular weight excluding hydrogens is 314 g/mol. The van der Waals surface area contributed by atoms with Gasteiger partial charge in [0, 0.05) is 30.7 Å². The molecule has 0 aliphatic carbocycles. The number of hydrogen-bond acceptors (Lipinski definition) is 6. The summed E-state index contributed by atoms with van der Waals surface area (Å²) in [7, 11) is 0. The number of thiophene rings is 1. The van der Waals surface area contributed by atoms with Crippen molar-refractivity contribution in [2.45, 2.75) is 39.3 Å². The van der Waals surface area contributed by atoms with Gasteiger partial charge in [0.25, 0.3) is 5.56 Å². The summed E-state index contributed by atoms with van der Waals surface area (Å²) in [5.74, 6) is 0.670. The lowest BCUT2D eigenvalue weighted by Gasteiger charge is -2.33. The minimum atomic E-state index is -0.0669. The van der Waals surface area contributed by atoms with E-state index in [0.29, 0.717) is 30.3 Å². The highest BCUT2D eigenvalue weighted by Gasteiger charge is 2.22. The maximum Gasteiger partial charge on any atom is 0.259 e. The molecule has 3 heterocycles. The average Bonchev–Trinajstić information content (AvgIpc) is 2.83. The van der Waals surface area contributed by atoms with Crippen molar-refractivity contribution in [2.24, 2.45) is 0 Å². The third-order valence-corrected chi connectivity index (χ3v) is 5.64. The Morgan fingerprint density at radius 2 is 2.13 bits per heavy atom. The van der Waals surface area contributed by atoms with E-state index in [9.17, 15) is 9.90 Å². The monoisotopic (exact) mass is 337 g/mol. The molecule has 1 aliphatic rings. The number of aliphatic hydroxyl groups excluding tert-OH is 1. The second-order valence-corrected chi connectivity index (χ2v) is 7.22. The van der Waals surface area contributed by atoms with Crippen LogP contribution >= 0.6 is 11.3 Å². The smallest absolute Gasteiger partial charge is 0.259 e. The first kappa shape index (κ1) is 16.6. The topological polar surface area (TPSA) is 78.5 Å². The molecule has 1 saturated heterocycles. The van der Waals surface area contributed by atoms with E-state index >= 15 is 0 Å². The highest BCUT2D eigenvalue weighted by Crippen LogP contribution is 2.26. The first-order valence-corrected chi connectivity index (χ1v) is 8.83. The maximum absolute atomic E-state index is 12.4. The van der Waals surface area contributed by atoms with Gasteiger partial charge >= 0.3 is 0 Å². The fourth-order valence-corrected chi connectivity index (χ4v) is 4.18. The van der Waals surface area contributed by atoms with Gasteiger partial charge in [0.15, 0.2) is 0 Å². The molecule has 3 rings (SSSR count). The molecule has 0 unspecified atom stereocenters. The number of aliphatic hydroxyl groups is 1. The van der Waals surface area contributed by atoms with Crippen molar-refractivity contribution >= 4 is 21.6 Å². The fourth-order valence-electron chi connectivity index (χ4n) is 3.14. The minimum Gasteiger partial charge on any atom is -0.395 e. The SMILES string of the molecule is Cc1sc2nc(CN(CCO)C3CCOCC3)[nH]c(=O)c2c1C. The molecule has 126 valence electrons. The van der Waals surface area contributed by atoms with Crippen LogP contribution in [-0.2, 0) is 11.3 Å². The molecule has 1 aliphatic heterocycles. The van der Waals surface area contributed by atoms with Crippen molar-refractivity contribution in [1.82, 2.24) is 14.9 Å². The lowest BCUT2D eigenvalue weighted by Crippen LogP contribution is -2.41. The van der Waals surface area contributed by atoms with Crippen molar-refractivity contribution in [3.05, 3.63) is 26.6 Å². The van der Waals surface area contributed by atoms with Crippen LogP contribution in [0.25, 0.3) is 10.2 Å². The van der Waals surface area contributed by atoms with Crippen LogP contribution in [0, 0.1) is 13.8 Å². The Bertz CT molecular complexity index is 734. The quantitative estimate of drug-likeness (QED) is 0.866. The third-order valence-electron chi connectivity index (χ3n) is 4.54. The van der Waals surface area contributed by atoms with E-state index in [-0.39, 0.29) is 12.2 Å². The molecule has 2 aromatic heterocycles. The number of aromatic amines is 1. The van der Waals surface area contributed by atoms with E-state index in [1.165, 1.54) is 0 Å². The van der Waals surface area contributed by atoms with Crippen LogP contribution in [0.1, 0.15) is 29.1 Å². The van der Waals surface area contributed by atoms with Crippen LogP contribution in [0.15, 0.2) is 4.79 Å².